The van der Waals surface area contributed by atoms with Gasteiger partial charge in [0.1, 0.15) is 5.75 Å². The van der Waals surface area contributed by atoms with Crippen molar-refractivity contribution in [3.8, 4) is 17.1 Å². The van der Waals surface area contributed by atoms with E-state index in [9.17, 15) is 0 Å². The Balaban J connectivity index is 2.22. The van der Waals surface area contributed by atoms with E-state index >= 15 is 0 Å². The van der Waals surface area contributed by atoms with Crippen molar-refractivity contribution < 1.29 is 9.26 Å². The number of halogens is 1. The average molecular weight is 282 g/mol. The van der Waals surface area contributed by atoms with Gasteiger partial charge in [0.15, 0.2) is 0 Å². The highest BCUT2D eigenvalue weighted by Crippen LogP contribution is 2.30. The second kappa shape index (κ2) is 5.93. The van der Waals surface area contributed by atoms with E-state index in [1.165, 1.54) is 0 Å². The standard InChI is InChI=1S/C13H16ClN3O2/c1-8(2)7-15-13-16-12(17-19-13)10-5-4-9(14)6-11(10)18-3/h4-6,8H,7H2,1-3H3,(H,15,16,17). The lowest BCUT2D eigenvalue weighted by Gasteiger charge is -2.05. The fourth-order valence-electron chi connectivity index (χ4n) is 1.55. The van der Waals surface area contributed by atoms with Gasteiger partial charge in [0.25, 0.3) is 0 Å². The number of hydrogen-bond acceptors (Lipinski definition) is 5. The maximum absolute atomic E-state index is 5.92. The summed E-state index contributed by atoms with van der Waals surface area (Å²) >= 11 is 5.92. The molecule has 0 saturated heterocycles. The number of aromatic nitrogens is 2. The van der Waals surface area contributed by atoms with Gasteiger partial charge in [0.2, 0.25) is 5.82 Å². The normalized spacial score (nSPS) is 10.8. The van der Waals surface area contributed by atoms with E-state index < -0.39 is 0 Å². The highest BCUT2D eigenvalue weighted by molar-refractivity contribution is 6.30. The zero-order valence-corrected chi connectivity index (χ0v) is 11.9. The lowest BCUT2D eigenvalue weighted by Crippen LogP contribution is -2.07. The summed E-state index contributed by atoms with van der Waals surface area (Å²) in [6.07, 6.45) is 0. The van der Waals surface area contributed by atoms with Gasteiger partial charge in [-0.25, -0.2) is 0 Å². The van der Waals surface area contributed by atoms with E-state index in [2.05, 4.69) is 29.3 Å². The Bertz CT molecular complexity index is 555. The molecule has 2 rings (SSSR count). The maximum atomic E-state index is 5.92. The first kappa shape index (κ1) is 13.7. The molecule has 19 heavy (non-hydrogen) atoms. The summed E-state index contributed by atoms with van der Waals surface area (Å²) in [5.74, 6) is 1.59. The van der Waals surface area contributed by atoms with Crippen molar-refractivity contribution in [3.63, 3.8) is 0 Å². The highest BCUT2D eigenvalue weighted by atomic mass is 35.5. The second-order valence-corrected chi connectivity index (χ2v) is 4.98. The van der Waals surface area contributed by atoms with E-state index in [1.54, 1.807) is 25.3 Å². The molecule has 0 spiro atoms. The van der Waals surface area contributed by atoms with Crippen LogP contribution in [0.5, 0.6) is 5.75 Å². The van der Waals surface area contributed by atoms with E-state index in [1.807, 2.05) is 0 Å². The molecule has 6 heteroatoms. The maximum Gasteiger partial charge on any atom is 0.321 e. The number of nitrogens with zero attached hydrogens (tertiary/aromatic N) is 2. The zero-order valence-electron chi connectivity index (χ0n) is 11.1. The Morgan fingerprint density at radius 2 is 2.21 bits per heavy atom. The molecular weight excluding hydrogens is 266 g/mol. The first-order valence-electron chi connectivity index (χ1n) is 6.01. The molecule has 1 N–H and O–H groups in total. The Labute approximate surface area is 116 Å². The van der Waals surface area contributed by atoms with E-state index in [4.69, 9.17) is 20.9 Å². The third-order valence-corrected chi connectivity index (χ3v) is 2.73. The lowest BCUT2D eigenvalue weighted by molar-refractivity contribution is 0.413. The van der Waals surface area contributed by atoms with Crippen molar-refractivity contribution in [2.75, 3.05) is 19.0 Å². The van der Waals surface area contributed by atoms with Crippen molar-refractivity contribution in [3.05, 3.63) is 23.2 Å². The number of benzene rings is 1. The van der Waals surface area contributed by atoms with E-state index in [0.29, 0.717) is 28.5 Å². The third kappa shape index (κ3) is 3.38. The smallest absolute Gasteiger partial charge is 0.321 e. The molecule has 0 aliphatic carbocycles. The summed E-state index contributed by atoms with van der Waals surface area (Å²) in [6, 6.07) is 5.68. The molecule has 102 valence electrons. The molecule has 5 nitrogen and oxygen atoms in total. The Hall–Kier alpha value is -1.75. The first-order chi connectivity index (χ1) is 9.10. The molecule has 0 aliphatic rings. The third-order valence-electron chi connectivity index (χ3n) is 2.49. The van der Waals surface area contributed by atoms with Crippen molar-refractivity contribution in [1.82, 2.24) is 10.1 Å². The van der Waals surface area contributed by atoms with Crippen molar-refractivity contribution in [2.24, 2.45) is 5.92 Å². The molecule has 2 aromatic rings. The minimum atomic E-state index is 0.403. The molecule has 0 saturated carbocycles. The van der Waals surface area contributed by atoms with Gasteiger partial charge < -0.3 is 14.6 Å². The summed E-state index contributed by atoms with van der Waals surface area (Å²) < 4.78 is 10.4. The van der Waals surface area contributed by atoms with Crippen molar-refractivity contribution in [1.29, 1.82) is 0 Å². The molecule has 0 amide bonds. The zero-order chi connectivity index (χ0) is 13.8. The van der Waals surface area contributed by atoms with Crippen LogP contribution in [0.15, 0.2) is 22.7 Å². The van der Waals surface area contributed by atoms with Crippen LogP contribution in [0, 0.1) is 5.92 Å². The molecule has 0 unspecified atom stereocenters. The quantitative estimate of drug-likeness (QED) is 0.909. The molecule has 0 radical (unpaired) electrons. The number of nitrogens with one attached hydrogen (secondary N) is 1. The van der Waals surface area contributed by atoms with Crippen LogP contribution in [-0.4, -0.2) is 23.8 Å². The summed E-state index contributed by atoms with van der Waals surface area (Å²) in [7, 11) is 1.58. The van der Waals surface area contributed by atoms with Gasteiger partial charge in [-0.2, -0.15) is 4.98 Å². The SMILES string of the molecule is COc1cc(Cl)ccc1-c1noc(NCC(C)C)n1. The summed E-state index contributed by atoms with van der Waals surface area (Å²) in [4.78, 5) is 4.28. The number of anilines is 1. The van der Waals surface area contributed by atoms with Gasteiger partial charge in [-0.3, -0.25) is 0 Å². The van der Waals surface area contributed by atoms with Crippen LogP contribution < -0.4 is 10.1 Å². The molecule has 0 atom stereocenters. The van der Waals surface area contributed by atoms with Crippen LogP contribution >= 0.6 is 11.6 Å². The predicted octanol–water partition coefficient (Wildman–Crippen LogP) is 3.47. The van der Waals surface area contributed by atoms with E-state index in [0.717, 1.165) is 12.1 Å². The van der Waals surface area contributed by atoms with Crippen molar-refractivity contribution >= 4 is 17.6 Å². The fourth-order valence-corrected chi connectivity index (χ4v) is 1.71. The van der Waals surface area contributed by atoms with Crippen LogP contribution in [0.25, 0.3) is 11.4 Å². The van der Waals surface area contributed by atoms with Gasteiger partial charge >= 0.3 is 6.01 Å². The number of ether oxygens (including phenoxy) is 1. The molecule has 1 aromatic heterocycles. The Kier molecular flexibility index (Phi) is 4.27. The minimum absolute atomic E-state index is 0.403. The van der Waals surface area contributed by atoms with E-state index in [-0.39, 0.29) is 0 Å². The monoisotopic (exact) mass is 281 g/mol. The Morgan fingerprint density at radius 1 is 1.42 bits per heavy atom. The number of hydrogen-bond donors (Lipinski definition) is 1. The minimum Gasteiger partial charge on any atom is -0.496 e. The van der Waals surface area contributed by atoms with Crippen LogP contribution in [0.4, 0.5) is 6.01 Å². The summed E-state index contributed by atoms with van der Waals surface area (Å²) in [5, 5.41) is 7.61. The molecule has 0 fully saturated rings. The molecule has 1 heterocycles. The topological polar surface area (TPSA) is 60.2 Å². The lowest BCUT2D eigenvalue weighted by atomic mass is 10.2. The molecule has 0 bridgehead atoms. The molecule has 1 aromatic carbocycles. The van der Waals surface area contributed by atoms with Gasteiger partial charge in [0.05, 0.1) is 12.7 Å². The number of rotatable bonds is 5. The number of methoxy groups -OCH3 is 1. The van der Waals surface area contributed by atoms with Gasteiger partial charge in [-0.05, 0) is 24.1 Å². The summed E-state index contributed by atoms with van der Waals surface area (Å²) in [5.41, 5.74) is 0.744. The van der Waals surface area contributed by atoms with Gasteiger partial charge in [-0.15, -0.1) is 0 Å². The predicted molar refractivity (Wildman–Crippen MR) is 74.6 cm³/mol. The van der Waals surface area contributed by atoms with Crippen molar-refractivity contribution in [2.45, 2.75) is 13.8 Å². The largest absolute Gasteiger partial charge is 0.496 e. The van der Waals surface area contributed by atoms with Gasteiger partial charge in [0, 0.05) is 11.6 Å². The molecular formula is C13H16ClN3O2. The van der Waals surface area contributed by atoms with Crippen LogP contribution in [0.1, 0.15) is 13.8 Å². The first-order valence-corrected chi connectivity index (χ1v) is 6.39. The van der Waals surface area contributed by atoms with Gasteiger partial charge in [-0.1, -0.05) is 30.6 Å². The average Bonchev–Trinajstić information content (AvgIpc) is 2.84. The molecule has 0 aliphatic heterocycles. The second-order valence-electron chi connectivity index (χ2n) is 4.54. The fraction of sp³-hybridized carbons (Fsp3) is 0.385. The highest BCUT2D eigenvalue weighted by Gasteiger charge is 2.13. The van der Waals surface area contributed by atoms with Crippen LogP contribution in [-0.2, 0) is 0 Å². The van der Waals surface area contributed by atoms with Crippen LogP contribution in [0.2, 0.25) is 5.02 Å². The Morgan fingerprint density at radius 3 is 2.89 bits per heavy atom. The summed E-state index contributed by atoms with van der Waals surface area (Å²) in [6.45, 7) is 4.98. The van der Waals surface area contributed by atoms with Crippen LogP contribution in [0.3, 0.4) is 0 Å².